The van der Waals surface area contributed by atoms with Crippen molar-refractivity contribution >= 4 is 17.1 Å². The Labute approximate surface area is 248 Å². The van der Waals surface area contributed by atoms with Gasteiger partial charge >= 0.3 is 0 Å². The Balaban J connectivity index is 1.85. The summed E-state index contributed by atoms with van der Waals surface area (Å²) in [7, 11) is 0. The van der Waals surface area contributed by atoms with Crippen molar-refractivity contribution in [1.82, 2.24) is 0 Å². The molecule has 41 heavy (non-hydrogen) atoms. The van der Waals surface area contributed by atoms with Crippen LogP contribution in [0.1, 0.15) is 38.8 Å². The van der Waals surface area contributed by atoms with E-state index in [9.17, 15) is 0 Å². The number of hydrogen-bond donors (Lipinski definition) is 0. The van der Waals surface area contributed by atoms with Crippen molar-refractivity contribution in [3.05, 3.63) is 174 Å². The maximum absolute atomic E-state index is 4.38. The monoisotopic (exact) mass is 540 g/mol. The van der Waals surface area contributed by atoms with Gasteiger partial charge in [-0.15, -0.1) is 0 Å². The second-order valence-corrected chi connectivity index (χ2v) is 10.1. The standard InChI is InChI=1S/C39H44N2/c1-8-10-11-15-28-40(38-22-16-18-31(3)29-38)35(7)26-24-33(5)34(6)25-27-36(9-2)41(37-20-13-12-14-21-37)39-23-17-19-32(4)30-39/h8-27,29-30H,6,28H2,1-5,7H3/b10-8-,15-11-,27-25-,33-24+,35-26+,36-9+. The smallest absolute Gasteiger partial charge is 0.0464 e. The molecular formula is C39H44N2. The number of para-hydroxylation sites is 1. The Morgan fingerprint density at radius 2 is 1.37 bits per heavy atom. The third kappa shape index (κ3) is 9.25. The molecule has 3 aromatic rings. The number of benzene rings is 3. The van der Waals surface area contributed by atoms with E-state index in [-0.39, 0.29) is 0 Å². The van der Waals surface area contributed by atoms with Crippen LogP contribution in [0, 0.1) is 13.8 Å². The van der Waals surface area contributed by atoms with E-state index >= 15 is 0 Å². The number of aryl methyl sites for hydroxylation is 2. The molecule has 2 nitrogen and oxygen atoms in total. The zero-order valence-corrected chi connectivity index (χ0v) is 25.5. The SMILES string of the molecule is C=C(/C=C\C(=C/C)N(c1ccccc1)c1cccc(C)c1)/C(C)=C/C=C(\C)N(C/C=C\C=C/C)c1cccc(C)c1. The van der Waals surface area contributed by atoms with Crippen molar-refractivity contribution in [2.45, 2.75) is 41.5 Å². The van der Waals surface area contributed by atoms with E-state index in [4.69, 9.17) is 0 Å². The third-order valence-electron chi connectivity index (χ3n) is 6.83. The Morgan fingerprint density at radius 3 is 2.00 bits per heavy atom. The normalized spacial score (nSPS) is 13.0. The molecule has 0 saturated heterocycles. The van der Waals surface area contributed by atoms with Crippen LogP contribution in [-0.4, -0.2) is 6.54 Å². The van der Waals surface area contributed by atoms with E-state index in [0.29, 0.717) is 0 Å². The van der Waals surface area contributed by atoms with Crippen molar-refractivity contribution in [3.8, 4) is 0 Å². The number of nitrogens with zero attached hydrogens (tertiary/aromatic N) is 2. The maximum Gasteiger partial charge on any atom is 0.0464 e. The van der Waals surface area contributed by atoms with E-state index in [1.165, 1.54) is 22.5 Å². The maximum atomic E-state index is 4.38. The minimum absolute atomic E-state index is 0.794. The van der Waals surface area contributed by atoms with Crippen molar-refractivity contribution in [2.75, 3.05) is 16.3 Å². The van der Waals surface area contributed by atoms with E-state index in [1.54, 1.807) is 0 Å². The molecule has 0 heterocycles. The lowest BCUT2D eigenvalue weighted by molar-refractivity contribution is 1.01. The Hall–Kier alpha value is -4.56. The fourth-order valence-electron chi connectivity index (χ4n) is 4.46. The van der Waals surface area contributed by atoms with Gasteiger partial charge in [0.1, 0.15) is 0 Å². The lowest BCUT2D eigenvalue weighted by Gasteiger charge is -2.26. The summed E-state index contributed by atoms with van der Waals surface area (Å²) in [6.07, 6.45) is 19.1. The van der Waals surface area contributed by atoms with Crippen LogP contribution in [0.2, 0.25) is 0 Å². The molecule has 0 aromatic heterocycles. The van der Waals surface area contributed by atoms with Crippen LogP contribution < -0.4 is 9.80 Å². The average molecular weight is 541 g/mol. The van der Waals surface area contributed by atoms with Gasteiger partial charge in [-0.05, 0) is 112 Å². The topological polar surface area (TPSA) is 6.48 Å². The van der Waals surface area contributed by atoms with Gasteiger partial charge in [0.15, 0.2) is 0 Å². The first-order chi connectivity index (χ1) is 19.8. The lowest BCUT2D eigenvalue weighted by atomic mass is 10.1. The minimum Gasteiger partial charge on any atom is -0.342 e. The zero-order valence-electron chi connectivity index (χ0n) is 25.5. The van der Waals surface area contributed by atoms with Gasteiger partial charge in [0.2, 0.25) is 0 Å². The van der Waals surface area contributed by atoms with E-state index in [0.717, 1.165) is 34.8 Å². The van der Waals surface area contributed by atoms with Crippen molar-refractivity contribution in [2.24, 2.45) is 0 Å². The fraction of sp³-hybridized carbons (Fsp3) is 0.179. The highest BCUT2D eigenvalue weighted by Crippen LogP contribution is 2.31. The average Bonchev–Trinajstić information content (AvgIpc) is 2.98. The van der Waals surface area contributed by atoms with Crippen molar-refractivity contribution < 1.29 is 0 Å². The van der Waals surface area contributed by atoms with Crippen molar-refractivity contribution in [3.63, 3.8) is 0 Å². The first-order valence-corrected chi connectivity index (χ1v) is 14.3. The molecule has 2 heteroatoms. The quantitative estimate of drug-likeness (QED) is 0.211. The molecule has 3 aromatic carbocycles. The van der Waals surface area contributed by atoms with Gasteiger partial charge in [0, 0.05) is 35.0 Å². The van der Waals surface area contributed by atoms with Gasteiger partial charge in [0.05, 0.1) is 0 Å². The molecule has 0 amide bonds. The molecule has 0 atom stereocenters. The van der Waals surface area contributed by atoms with E-state index < -0.39 is 0 Å². The molecule has 0 saturated carbocycles. The van der Waals surface area contributed by atoms with E-state index in [1.807, 2.05) is 19.1 Å². The first-order valence-electron chi connectivity index (χ1n) is 14.3. The van der Waals surface area contributed by atoms with Gasteiger partial charge in [-0.3, -0.25) is 0 Å². The van der Waals surface area contributed by atoms with E-state index in [2.05, 4.69) is 172 Å². The summed E-state index contributed by atoms with van der Waals surface area (Å²) in [5, 5.41) is 0. The highest BCUT2D eigenvalue weighted by atomic mass is 15.1. The van der Waals surface area contributed by atoms with Crippen LogP contribution >= 0.6 is 0 Å². The number of hydrogen-bond acceptors (Lipinski definition) is 2. The predicted molar refractivity (Wildman–Crippen MR) is 182 cm³/mol. The van der Waals surface area contributed by atoms with Gasteiger partial charge in [-0.25, -0.2) is 0 Å². The molecule has 3 rings (SSSR count). The van der Waals surface area contributed by atoms with Crippen LogP contribution in [0.5, 0.6) is 0 Å². The summed E-state index contributed by atoms with van der Waals surface area (Å²) in [4.78, 5) is 4.60. The van der Waals surface area contributed by atoms with Crippen LogP contribution in [0.15, 0.2) is 163 Å². The summed E-state index contributed by atoms with van der Waals surface area (Å²) in [6, 6.07) is 27.7. The van der Waals surface area contributed by atoms with Gasteiger partial charge in [-0.2, -0.15) is 0 Å². The van der Waals surface area contributed by atoms with Crippen LogP contribution in [0.3, 0.4) is 0 Å². The van der Waals surface area contributed by atoms with Gasteiger partial charge in [0.25, 0.3) is 0 Å². The molecule has 0 spiro atoms. The predicted octanol–water partition coefficient (Wildman–Crippen LogP) is 10.9. The zero-order chi connectivity index (χ0) is 29.6. The molecule has 0 N–H and O–H groups in total. The summed E-state index contributed by atoms with van der Waals surface area (Å²) < 4.78 is 0. The molecule has 0 aliphatic heterocycles. The van der Waals surface area contributed by atoms with Crippen LogP contribution in [0.25, 0.3) is 0 Å². The first kappa shape index (κ1) is 31.0. The summed E-state index contributed by atoms with van der Waals surface area (Å²) >= 11 is 0. The molecule has 0 aliphatic rings. The van der Waals surface area contributed by atoms with Crippen LogP contribution in [-0.2, 0) is 0 Å². The Bertz CT molecular complexity index is 1480. The lowest BCUT2D eigenvalue weighted by Crippen LogP contribution is -2.21. The molecular weight excluding hydrogens is 496 g/mol. The Morgan fingerprint density at radius 1 is 0.732 bits per heavy atom. The highest BCUT2D eigenvalue weighted by Gasteiger charge is 2.12. The second kappa shape index (κ2) is 15.9. The molecule has 0 aliphatic carbocycles. The summed E-state index contributed by atoms with van der Waals surface area (Å²) in [5.41, 5.74) is 10.2. The number of rotatable bonds is 12. The van der Waals surface area contributed by atoms with Gasteiger partial charge < -0.3 is 9.80 Å². The largest absolute Gasteiger partial charge is 0.342 e. The summed E-state index contributed by atoms with van der Waals surface area (Å²) in [6.45, 7) is 17.8. The number of allylic oxidation sites excluding steroid dienone is 11. The fourth-order valence-corrected chi connectivity index (χ4v) is 4.46. The third-order valence-corrected chi connectivity index (χ3v) is 6.83. The molecule has 0 bridgehead atoms. The summed E-state index contributed by atoms with van der Waals surface area (Å²) in [5.74, 6) is 0. The Kier molecular flexibility index (Phi) is 12.0. The second-order valence-electron chi connectivity index (χ2n) is 10.1. The molecule has 0 radical (unpaired) electrons. The number of anilines is 3. The molecule has 210 valence electrons. The molecule has 0 fully saturated rings. The minimum atomic E-state index is 0.794. The van der Waals surface area contributed by atoms with Crippen molar-refractivity contribution in [1.29, 1.82) is 0 Å². The highest BCUT2D eigenvalue weighted by molar-refractivity contribution is 5.70. The van der Waals surface area contributed by atoms with Crippen LogP contribution in [0.4, 0.5) is 17.1 Å². The van der Waals surface area contributed by atoms with Gasteiger partial charge in [-0.1, -0.05) is 91.6 Å². The molecule has 0 unspecified atom stereocenters.